The maximum absolute atomic E-state index is 14.1. The first-order chi connectivity index (χ1) is 16.5. The van der Waals surface area contributed by atoms with Crippen LogP contribution in [0, 0.1) is 5.82 Å². The molecule has 1 aliphatic rings. The van der Waals surface area contributed by atoms with E-state index in [2.05, 4.69) is 48.2 Å². The highest BCUT2D eigenvalue weighted by Crippen LogP contribution is 2.19. The first kappa shape index (κ1) is 23.3. The summed E-state index contributed by atoms with van der Waals surface area (Å²) in [6.07, 6.45) is 2.65. The highest BCUT2D eigenvalue weighted by atomic mass is 19.1. The Hall–Kier alpha value is -3.83. The van der Waals surface area contributed by atoms with Gasteiger partial charge in [0, 0.05) is 25.3 Å². The number of benzene rings is 1. The minimum atomic E-state index is -0.532. The number of carbonyl (C=O) groups is 1. The molecule has 0 spiro atoms. The van der Waals surface area contributed by atoms with Gasteiger partial charge in [-0.1, -0.05) is 12.1 Å². The smallest absolute Gasteiger partial charge is 0.288 e. The van der Waals surface area contributed by atoms with E-state index in [0.29, 0.717) is 26.3 Å². The van der Waals surface area contributed by atoms with Gasteiger partial charge in [0.15, 0.2) is 11.6 Å². The molecule has 4 rings (SSSR count). The van der Waals surface area contributed by atoms with Gasteiger partial charge in [-0.25, -0.2) is 14.4 Å². The van der Waals surface area contributed by atoms with E-state index in [1.54, 1.807) is 23.2 Å². The van der Waals surface area contributed by atoms with Crippen LogP contribution in [0.1, 0.15) is 16.1 Å². The van der Waals surface area contributed by atoms with Crippen LogP contribution in [0.2, 0.25) is 0 Å². The Labute approximate surface area is 197 Å². The molecule has 1 fully saturated rings. The third-order valence-corrected chi connectivity index (χ3v) is 5.03. The normalized spacial score (nSPS) is 13.6. The molecule has 1 aliphatic heterocycles. The van der Waals surface area contributed by atoms with Gasteiger partial charge < -0.3 is 19.9 Å². The molecule has 10 nitrogen and oxygen atoms in total. The second-order valence-electron chi connectivity index (χ2n) is 8.04. The monoisotopic (exact) mass is 466 g/mol. The number of nitrogens with one attached hydrogen (secondary N) is 3. The highest BCUT2D eigenvalue weighted by molar-refractivity contribution is 5.93. The molecule has 1 saturated heterocycles. The Bertz CT molecular complexity index is 1120. The van der Waals surface area contributed by atoms with E-state index in [1.807, 2.05) is 26.2 Å². The second kappa shape index (κ2) is 10.9. The third-order valence-electron chi connectivity index (χ3n) is 5.03. The van der Waals surface area contributed by atoms with Crippen molar-refractivity contribution in [3.05, 3.63) is 65.9 Å². The van der Waals surface area contributed by atoms with E-state index < -0.39 is 11.7 Å². The van der Waals surface area contributed by atoms with Crippen LogP contribution in [0.25, 0.3) is 0 Å². The summed E-state index contributed by atoms with van der Waals surface area (Å²) in [5.74, 6) is -0.762. The largest absolute Gasteiger partial charge is 0.378 e. The van der Waals surface area contributed by atoms with Crippen LogP contribution in [0.5, 0.6) is 0 Å². The number of ether oxygens (including phenoxy) is 1. The van der Waals surface area contributed by atoms with Gasteiger partial charge in [-0.2, -0.15) is 4.98 Å². The fourth-order valence-corrected chi connectivity index (χ4v) is 3.47. The van der Waals surface area contributed by atoms with Crippen molar-refractivity contribution in [2.24, 2.45) is 0 Å². The van der Waals surface area contributed by atoms with Crippen molar-refractivity contribution in [1.82, 2.24) is 25.3 Å². The molecule has 2 aromatic heterocycles. The summed E-state index contributed by atoms with van der Waals surface area (Å²) in [4.78, 5) is 28.6. The molecule has 0 saturated carbocycles. The van der Waals surface area contributed by atoms with E-state index in [0.717, 1.165) is 24.1 Å². The zero-order valence-electron chi connectivity index (χ0n) is 19.1. The number of aromatic nitrogens is 3. The number of hydrogen-bond donors (Lipinski definition) is 3. The zero-order valence-corrected chi connectivity index (χ0v) is 19.1. The zero-order chi connectivity index (χ0) is 23.9. The van der Waals surface area contributed by atoms with Crippen LogP contribution in [-0.2, 0) is 11.3 Å². The molecule has 3 aromatic rings. The SMILES string of the molecule is CN(C)Cc1cccc(Nc2ccc(C(=O)NNc3ncc(F)c(N4CCOCC4)n3)nc2)c1. The molecule has 1 aromatic carbocycles. The standard InChI is InChI=1S/C23H27FN8O2/c1-31(2)15-16-4-3-5-17(12-16)27-18-6-7-20(25-13-18)22(33)29-30-23-26-14-19(24)21(28-23)32-8-10-34-11-9-32/h3-7,12-14,27H,8-11,15H2,1-2H3,(H,29,33)(H,26,28,30). The lowest BCUT2D eigenvalue weighted by Gasteiger charge is -2.28. The minimum absolute atomic E-state index is 0.0761. The molecule has 11 heteroatoms. The van der Waals surface area contributed by atoms with Gasteiger partial charge in [0.05, 0.1) is 31.3 Å². The maximum Gasteiger partial charge on any atom is 0.288 e. The summed E-state index contributed by atoms with van der Waals surface area (Å²) < 4.78 is 19.4. The van der Waals surface area contributed by atoms with Gasteiger partial charge in [-0.15, -0.1) is 0 Å². The van der Waals surface area contributed by atoms with Gasteiger partial charge in [-0.3, -0.25) is 15.6 Å². The lowest BCUT2D eigenvalue weighted by molar-refractivity contribution is 0.0957. The Balaban J connectivity index is 1.34. The van der Waals surface area contributed by atoms with Gasteiger partial charge in [0.25, 0.3) is 5.91 Å². The molecule has 34 heavy (non-hydrogen) atoms. The van der Waals surface area contributed by atoms with Crippen LogP contribution in [0.3, 0.4) is 0 Å². The molecule has 1 amide bonds. The van der Waals surface area contributed by atoms with E-state index in [4.69, 9.17) is 4.74 Å². The number of hydrazine groups is 1. The summed E-state index contributed by atoms with van der Waals surface area (Å²) in [5.41, 5.74) is 8.19. The maximum atomic E-state index is 14.1. The average molecular weight is 467 g/mol. The number of pyridine rings is 1. The minimum Gasteiger partial charge on any atom is -0.378 e. The molecule has 3 heterocycles. The van der Waals surface area contributed by atoms with E-state index in [9.17, 15) is 9.18 Å². The van der Waals surface area contributed by atoms with Crippen molar-refractivity contribution in [2.75, 3.05) is 56.0 Å². The number of amides is 1. The lowest BCUT2D eigenvalue weighted by atomic mass is 10.2. The van der Waals surface area contributed by atoms with Crippen molar-refractivity contribution in [1.29, 1.82) is 0 Å². The van der Waals surface area contributed by atoms with Crippen LogP contribution >= 0.6 is 0 Å². The van der Waals surface area contributed by atoms with Crippen LogP contribution in [0.15, 0.2) is 48.8 Å². The number of hydrogen-bond acceptors (Lipinski definition) is 9. The molecule has 0 bridgehead atoms. The van der Waals surface area contributed by atoms with E-state index >= 15 is 0 Å². The Kier molecular flexibility index (Phi) is 7.45. The van der Waals surface area contributed by atoms with E-state index in [-0.39, 0.29) is 17.5 Å². The Morgan fingerprint density at radius 1 is 1.12 bits per heavy atom. The number of carbonyl (C=O) groups excluding carboxylic acids is 1. The van der Waals surface area contributed by atoms with Crippen LogP contribution in [0.4, 0.5) is 27.5 Å². The molecule has 0 unspecified atom stereocenters. The van der Waals surface area contributed by atoms with Crippen molar-refractivity contribution >= 4 is 29.0 Å². The third kappa shape index (κ3) is 6.15. The van der Waals surface area contributed by atoms with Crippen molar-refractivity contribution < 1.29 is 13.9 Å². The van der Waals surface area contributed by atoms with Crippen molar-refractivity contribution in [2.45, 2.75) is 6.54 Å². The number of nitrogens with zero attached hydrogens (tertiary/aromatic N) is 5. The first-order valence-electron chi connectivity index (χ1n) is 10.9. The number of halogens is 1. The summed E-state index contributed by atoms with van der Waals surface area (Å²) in [6, 6.07) is 11.5. The number of morpholine rings is 1. The van der Waals surface area contributed by atoms with Crippen molar-refractivity contribution in [3.8, 4) is 0 Å². The predicted molar refractivity (Wildman–Crippen MR) is 127 cm³/mol. The predicted octanol–water partition coefficient (Wildman–Crippen LogP) is 2.41. The Morgan fingerprint density at radius 2 is 1.94 bits per heavy atom. The van der Waals surface area contributed by atoms with E-state index in [1.165, 1.54) is 5.56 Å². The topological polar surface area (TPSA) is 108 Å². The molecule has 178 valence electrons. The summed E-state index contributed by atoms with van der Waals surface area (Å²) in [6.45, 7) is 2.90. The quantitative estimate of drug-likeness (QED) is 0.431. The average Bonchev–Trinajstić information content (AvgIpc) is 2.84. The van der Waals surface area contributed by atoms with Crippen LogP contribution in [-0.4, -0.2) is 66.2 Å². The van der Waals surface area contributed by atoms with Gasteiger partial charge >= 0.3 is 0 Å². The first-order valence-corrected chi connectivity index (χ1v) is 10.9. The van der Waals surface area contributed by atoms with Gasteiger partial charge in [0.2, 0.25) is 5.95 Å². The lowest BCUT2D eigenvalue weighted by Crippen LogP contribution is -2.38. The Morgan fingerprint density at radius 3 is 2.68 bits per heavy atom. The molecule has 0 radical (unpaired) electrons. The summed E-state index contributed by atoms with van der Waals surface area (Å²) in [7, 11) is 4.04. The fraction of sp³-hybridized carbons (Fsp3) is 0.304. The van der Waals surface area contributed by atoms with Crippen LogP contribution < -0.4 is 21.1 Å². The number of rotatable bonds is 8. The summed E-state index contributed by atoms with van der Waals surface area (Å²) in [5, 5.41) is 3.29. The summed E-state index contributed by atoms with van der Waals surface area (Å²) >= 11 is 0. The number of anilines is 4. The van der Waals surface area contributed by atoms with Crippen molar-refractivity contribution in [3.63, 3.8) is 0 Å². The van der Waals surface area contributed by atoms with Gasteiger partial charge in [-0.05, 0) is 43.9 Å². The molecule has 0 atom stereocenters. The fourth-order valence-electron chi connectivity index (χ4n) is 3.47. The highest BCUT2D eigenvalue weighted by Gasteiger charge is 2.18. The van der Waals surface area contributed by atoms with Gasteiger partial charge in [0.1, 0.15) is 5.69 Å². The second-order valence-corrected chi connectivity index (χ2v) is 8.04. The molecule has 3 N–H and O–H groups in total. The molecular weight excluding hydrogens is 439 g/mol. The molecular formula is C23H27FN8O2. The molecule has 0 aliphatic carbocycles.